The molecule has 0 atom stereocenters. The number of hydrogen-bond donors (Lipinski definition) is 2. The summed E-state index contributed by atoms with van der Waals surface area (Å²) in [5.74, 6) is 0.397. The van der Waals surface area contributed by atoms with E-state index in [1.165, 1.54) is 12.1 Å². The number of ether oxygens (including phenoxy) is 2. The average Bonchev–Trinajstić information content (AvgIpc) is 2.94. The Balaban J connectivity index is 2.28. The zero-order valence-corrected chi connectivity index (χ0v) is 9.41. The summed E-state index contributed by atoms with van der Waals surface area (Å²) in [6, 6.07) is 3.49. The number of alkyl halides is 3. The number of halogens is 3. The van der Waals surface area contributed by atoms with Gasteiger partial charge in [-0.1, -0.05) is 0 Å². The number of nitrogen functional groups attached to an aromatic ring is 1. The summed E-state index contributed by atoms with van der Waals surface area (Å²) in [4.78, 5) is 0. The highest BCUT2D eigenvalue weighted by Gasteiger charge is 2.37. The van der Waals surface area contributed by atoms with E-state index in [0.717, 1.165) is 6.07 Å². The number of fused-ring (bicyclic) bond motifs is 1. The Morgan fingerprint density at radius 3 is 2.68 bits per heavy atom. The third-order valence-electron chi connectivity index (χ3n) is 2.71. The van der Waals surface area contributed by atoms with Crippen LogP contribution in [0.5, 0.6) is 11.5 Å². The molecule has 0 saturated heterocycles. The number of nitrogens with two attached hydrogens (primary N) is 1. The molecular formula is C11H8F3N3O2. The van der Waals surface area contributed by atoms with E-state index >= 15 is 0 Å². The second-order valence-corrected chi connectivity index (χ2v) is 3.93. The molecule has 8 heteroatoms. The lowest BCUT2D eigenvalue weighted by Gasteiger charge is -2.13. The van der Waals surface area contributed by atoms with E-state index in [1.807, 2.05) is 0 Å². The molecule has 1 aromatic heterocycles. The minimum absolute atomic E-state index is 0.0403. The number of rotatable bonds is 1. The number of nitrogens with zero attached hydrogens (tertiary/aromatic N) is 1. The van der Waals surface area contributed by atoms with Gasteiger partial charge in [-0.15, -0.1) is 0 Å². The van der Waals surface area contributed by atoms with Crippen molar-refractivity contribution < 1.29 is 22.6 Å². The van der Waals surface area contributed by atoms with Gasteiger partial charge in [-0.05, 0) is 12.1 Å². The number of nitrogens with one attached hydrogen (secondary N) is 1. The smallest absolute Gasteiger partial charge is 0.417 e. The van der Waals surface area contributed by atoms with Crippen LogP contribution in [0, 0.1) is 0 Å². The minimum atomic E-state index is -4.52. The fourth-order valence-electron chi connectivity index (χ4n) is 1.94. The van der Waals surface area contributed by atoms with E-state index < -0.39 is 11.7 Å². The van der Waals surface area contributed by atoms with E-state index in [9.17, 15) is 13.2 Å². The van der Waals surface area contributed by atoms with Crippen molar-refractivity contribution >= 4 is 5.82 Å². The number of hydrogen-bond acceptors (Lipinski definition) is 4. The fourth-order valence-corrected chi connectivity index (χ4v) is 1.94. The van der Waals surface area contributed by atoms with Crippen molar-refractivity contribution in [3.8, 4) is 22.8 Å². The maximum absolute atomic E-state index is 13.0. The highest BCUT2D eigenvalue weighted by molar-refractivity contribution is 5.77. The number of aromatic amines is 1. The van der Waals surface area contributed by atoms with Crippen LogP contribution in [0.4, 0.5) is 19.0 Å². The van der Waals surface area contributed by atoms with E-state index in [1.54, 1.807) is 0 Å². The Morgan fingerprint density at radius 2 is 2.05 bits per heavy atom. The van der Waals surface area contributed by atoms with Gasteiger partial charge < -0.3 is 15.2 Å². The van der Waals surface area contributed by atoms with Gasteiger partial charge in [0.15, 0.2) is 11.5 Å². The first-order valence-electron chi connectivity index (χ1n) is 5.28. The maximum atomic E-state index is 13.0. The van der Waals surface area contributed by atoms with Gasteiger partial charge in [-0.2, -0.15) is 18.3 Å². The third kappa shape index (κ3) is 1.85. The molecule has 0 spiro atoms. The Morgan fingerprint density at radius 1 is 1.26 bits per heavy atom. The van der Waals surface area contributed by atoms with Gasteiger partial charge in [0.05, 0.1) is 16.8 Å². The molecule has 5 nitrogen and oxygen atoms in total. The maximum Gasteiger partial charge on any atom is 0.417 e. The molecule has 0 bridgehead atoms. The van der Waals surface area contributed by atoms with Gasteiger partial charge >= 0.3 is 6.18 Å². The number of benzene rings is 1. The molecule has 3 rings (SSSR count). The van der Waals surface area contributed by atoms with Crippen molar-refractivity contribution in [2.75, 3.05) is 12.5 Å². The summed E-state index contributed by atoms with van der Waals surface area (Å²) in [6.07, 6.45) is -4.52. The van der Waals surface area contributed by atoms with Crippen molar-refractivity contribution in [3.63, 3.8) is 0 Å². The molecule has 1 aliphatic heterocycles. The normalized spacial score (nSPS) is 13.8. The molecule has 0 aliphatic carbocycles. The van der Waals surface area contributed by atoms with Crippen molar-refractivity contribution in [2.45, 2.75) is 6.18 Å². The van der Waals surface area contributed by atoms with Crippen LogP contribution in [0.15, 0.2) is 18.2 Å². The average molecular weight is 271 g/mol. The van der Waals surface area contributed by atoms with Crippen LogP contribution < -0.4 is 15.2 Å². The zero-order valence-electron chi connectivity index (χ0n) is 9.41. The van der Waals surface area contributed by atoms with Crippen LogP contribution in [0.1, 0.15) is 5.56 Å². The lowest BCUT2D eigenvalue weighted by Crippen LogP contribution is -2.07. The van der Waals surface area contributed by atoms with Gasteiger partial charge in [-0.3, -0.25) is 5.10 Å². The second kappa shape index (κ2) is 3.81. The topological polar surface area (TPSA) is 73.2 Å². The molecule has 2 aromatic rings. The van der Waals surface area contributed by atoms with Gasteiger partial charge in [0.25, 0.3) is 0 Å². The molecule has 1 aromatic carbocycles. The Kier molecular flexibility index (Phi) is 2.34. The molecule has 1 aliphatic rings. The van der Waals surface area contributed by atoms with Crippen LogP contribution in [-0.4, -0.2) is 17.0 Å². The second-order valence-electron chi connectivity index (χ2n) is 3.93. The monoisotopic (exact) mass is 271 g/mol. The molecule has 0 radical (unpaired) electrons. The molecule has 100 valence electrons. The van der Waals surface area contributed by atoms with Crippen molar-refractivity contribution in [1.29, 1.82) is 0 Å². The van der Waals surface area contributed by atoms with Crippen LogP contribution in [0.25, 0.3) is 11.3 Å². The number of anilines is 1. The summed E-state index contributed by atoms with van der Waals surface area (Å²) in [5, 5.41) is 6.08. The predicted octanol–water partition coefficient (Wildman–Crippen LogP) is 2.41. The fraction of sp³-hybridized carbons (Fsp3) is 0.182. The number of aromatic nitrogens is 2. The molecule has 0 saturated carbocycles. The molecule has 2 heterocycles. The molecule has 19 heavy (non-hydrogen) atoms. The molecule has 0 amide bonds. The SMILES string of the molecule is Nc1cc(-c2c(C(F)(F)F)ccc3c2OCO3)[nH]n1. The Labute approximate surface area is 105 Å². The first-order valence-corrected chi connectivity index (χ1v) is 5.28. The Hall–Kier alpha value is -2.38. The summed E-state index contributed by atoms with van der Waals surface area (Å²) < 4.78 is 49.3. The standard InChI is InChI=1S/C11H8F3N3O2/c12-11(13,14)5-1-2-7-10(19-4-18-7)9(5)6-3-8(15)17-16-6/h1-3H,4H2,(H3,15,16,17). The quantitative estimate of drug-likeness (QED) is 0.835. The van der Waals surface area contributed by atoms with Crippen LogP contribution in [-0.2, 0) is 6.18 Å². The molecule has 3 N–H and O–H groups in total. The highest BCUT2D eigenvalue weighted by atomic mass is 19.4. The summed E-state index contributed by atoms with van der Waals surface area (Å²) in [6.45, 7) is -0.118. The van der Waals surface area contributed by atoms with Gasteiger partial charge in [0.2, 0.25) is 6.79 Å². The van der Waals surface area contributed by atoms with E-state index in [-0.39, 0.29) is 35.4 Å². The number of H-pyrrole nitrogens is 1. The summed E-state index contributed by atoms with van der Waals surface area (Å²) >= 11 is 0. The first kappa shape index (κ1) is 11.7. The van der Waals surface area contributed by atoms with Crippen LogP contribution >= 0.6 is 0 Å². The molecule has 0 fully saturated rings. The van der Waals surface area contributed by atoms with Crippen LogP contribution in [0.3, 0.4) is 0 Å². The van der Waals surface area contributed by atoms with Crippen molar-refractivity contribution in [2.24, 2.45) is 0 Å². The van der Waals surface area contributed by atoms with Gasteiger partial charge in [-0.25, -0.2) is 0 Å². The zero-order chi connectivity index (χ0) is 13.6. The Bertz CT molecular complexity index is 637. The van der Waals surface area contributed by atoms with Crippen molar-refractivity contribution in [1.82, 2.24) is 10.2 Å². The molecule has 0 unspecified atom stereocenters. The summed E-state index contributed by atoms with van der Waals surface area (Å²) in [5.41, 5.74) is 4.58. The van der Waals surface area contributed by atoms with Gasteiger partial charge in [0, 0.05) is 6.07 Å². The van der Waals surface area contributed by atoms with E-state index in [2.05, 4.69) is 10.2 Å². The largest absolute Gasteiger partial charge is 0.454 e. The highest BCUT2D eigenvalue weighted by Crippen LogP contribution is 2.47. The predicted molar refractivity (Wildman–Crippen MR) is 59.6 cm³/mol. The summed E-state index contributed by atoms with van der Waals surface area (Å²) in [7, 11) is 0. The molecular weight excluding hydrogens is 263 g/mol. The van der Waals surface area contributed by atoms with Gasteiger partial charge in [0.1, 0.15) is 5.82 Å². The third-order valence-corrected chi connectivity index (χ3v) is 2.71. The van der Waals surface area contributed by atoms with E-state index in [0.29, 0.717) is 0 Å². The van der Waals surface area contributed by atoms with Crippen molar-refractivity contribution in [3.05, 3.63) is 23.8 Å². The first-order chi connectivity index (χ1) is 8.97. The lowest BCUT2D eigenvalue weighted by molar-refractivity contribution is -0.137. The van der Waals surface area contributed by atoms with Crippen LogP contribution in [0.2, 0.25) is 0 Å². The minimum Gasteiger partial charge on any atom is -0.454 e. The van der Waals surface area contributed by atoms with E-state index in [4.69, 9.17) is 15.2 Å². The lowest BCUT2D eigenvalue weighted by atomic mass is 10.0.